The molecule has 1 aromatic heterocycles. The molecule has 1 unspecified atom stereocenters. The first-order valence-electron chi connectivity index (χ1n) is 8.79. The highest BCUT2D eigenvalue weighted by Crippen LogP contribution is 2.21. The molecule has 0 saturated carbocycles. The van der Waals surface area contributed by atoms with E-state index in [0.717, 1.165) is 31.4 Å². The molecule has 0 aliphatic carbocycles. The normalized spacial score (nSPS) is 17.4. The molecule has 1 N–H and O–H groups in total. The number of benzene rings is 1. The van der Waals surface area contributed by atoms with Gasteiger partial charge in [-0.15, -0.1) is 0 Å². The molecule has 1 saturated heterocycles. The van der Waals surface area contributed by atoms with Gasteiger partial charge in [-0.25, -0.2) is 9.97 Å². The summed E-state index contributed by atoms with van der Waals surface area (Å²) in [5.74, 6) is 0.520. The lowest BCUT2D eigenvalue weighted by Crippen LogP contribution is -2.43. The van der Waals surface area contributed by atoms with E-state index in [1.165, 1.54) is 6.42 Å². The van der Waals surface area contributed by atoms with Gasteiger partial charge in [0.15, 0.2) is 0 Å². The Morgan fingerprint density at radius 1 is 1.28 bits per heavy atom. The van der Waals surface area contributed by atoms with Crippen LogP contribution in [-0.2, 0) is 6.54 Å². The predicted molar refractivity (Wildman–Crippen MR) is 99.8 cm³/mol. The molecule has 1 amide bonds. The van der Waals surface area contributed by atoms with Crippen LogP contribution in [0, 0.1) is 0 Å². The first-order chi connectivity index (χ1) is 12.2. The summed E-state index contributed by atoms with van der Waals surface area (Å²) in [5, 5.41) is 3.84. The minimum absolute atomic E-state index is 0.0317. The summed E-state index contributed by atoms with van der Waals surface area (Å²) in [4.78, 5) is 23.2. The van der Waals surface area contributed by atoms with Crippen molar-refractivity contribution in [3.05, 3.63) is 52.8 Å². The average Bonchev–Trinajstić information content (AvgIpc) is 2.67. The number of nitrogens with one attached hydrogen (secondary N) is 1. The zero-order valence-corrected chi connectivity index (χ0v) is 15.2. The fourth-order valence-corrected chi connectivity index (χ4v) is 3.41. The van der Waals surface area contributed by atoms with Crippen LogP contribution in [0.25, 0.3) is 0 Å². The van der Waals surface area contributed by atoms with E-state index in [2.05, 4.69) is 22.2 Å². The molecule has 1 fully saturated rings. The zero-order valence-electron chi connectivity index (χ0n) is 14.4. The second-order valence-corrected chi connectivity index (χ2v) is 6.70. The van der Waals surface area contributed by atoms with E-state index in [9.17, 15) is 4.79 Å². The van der Waals surface area contributed by atoms with Crippen LogP contribution in [0.3, 0.4) is 0 Å². The van der Waals surface area contributed by atoms with Gasteiger partial charge in [0.1, 0.15) is 0 Å². The molecule has 3 rings (SSSR count). The third-order valence-electron chi connectivity index (χ3n) is 4.65. The Balaban J connectivity index is 1.63. The van der Waals surface area contributed by atoms with Crippen LogP contribution in [0.1, 0.15) is 48.5 Å². The molecule has 2 aromatic rings. The molecule has 0 spiro atoms. The Kier molecular flexibility index (Phi) is 5.87. The Morgan fingerprint density at radius 3 is 2.76 bits per heavy atom. The molecular formula is C19H23ClN4O. The second-order valence-electron chi connectivity index (χ2n) is 6.30. The van der Waals surface area contributed by atoms with Crippen molar-refractivity contribution in [1.82, 2.24) is 14.9 Å². The fourth-order valence-electron chi connectivity index (χ4n) is 3.20. The molecule has 25 heavy (non-hydrogen) atoms. The van der Waals surface area contributed by atoms with Gasteiger partial charge in [0.2, 0.25) is 5.95 Å². The average molecular weight is 359 g/mol. The zero-order chi connectivity index (χ0) is 17.6. The molecule has 0 bridgehead atoms. The van der Waals surface area contributed by atoms with Gasteiger partial charge in [-0.3, -0.25) is 4.79 Å². The van der Waals surface area contributed by atoms with Crippen molar-refractivity contribution in [2.45, 2.75) is 45.2 Å². The fraction of sp³-hybridized carbons (Fsp3) is 0.421. The Hall–Kier alpha value is -2.14. The van der Waals surface area contributed by atoms with Gasteiger partial charge in [-0.1, -0.05) is 36.7 Å². The number of amides is 1. The lowest BCUT2D eigenvalue weighted by atomic mass is 9.99. The molecule has 2 heterocycles. The lowest BCUT2D eigenvalue weighted by Gasteiger charge is -2.35. The van der Waals surface area contributed by atoms with Crippen LogP contribution >= 0.6 is 11.6 Å². The highest BCUT2D eigenvalue weighted by Gasteiger charge is 2.26. The smallest absolute Gasteiger partial charge is 0.257 e. The Labute approximate surface area is 153 Å². The summed E-state index contributed by atoms with van der Waals surface area (Å²) >= 11 is 6.14. The van der Waals surface area contributed by atoms with E-state index >= 15 is 0 Å². The number of hydrogen-bond donors (Lipinski definition) is 1. The van der Waals surface area contributed by atoms with Gasteiger partial charge >= 0.3 is 0 Å². The monoisotopic (exact) mass is 358 g/mol. The molecule has 1 aliphatic heterocycles. The number of rotatable bonds is 5. The summed E-state index contributed by atoms with van der Waals surface area (Å²) in [6.45, 7) is 3.50. The van der Waals surface area contributed by atoms with Crippen molar-refractivity contribution in [3.8, 4) is 0 Å². The standard InChI is InChI=1S/C19H23ClN4O/c1-2-16-8-5-6-10-24(16)18(25)15-12-22-19(23-13-15)21-11-14-7-3-4-9-17(14)20/h3-4,7,9,12-13,16H,2,5-6,8,10-11H2,1H3,(H,21,22,23). The third kappa shape index (κ3) is 4.28. The number of carbonyl (C=O) groups excluding carboxylic acids is 1. The molecular weight excluding hydrogens is 336 g/mol. The van der Waals surface area contributed by atoms with Crippen LogP contribution in [-0.4, -0.2) is 33.4 Å². The van der Waals surface area contributed by atoms with Crippen molar-refractivity contribution < 1.29 is 4.79 Å². The largest absolute Gasteiger partial charge is 0.350 e. The molecule has 1 atom stereocenters. The Bertz CT molecular complexity index is 720. The van der Waals surface area contributed by atoms with E-state index in [1.807, 2.05) is 29.2 Å². The maximum absolute atomic E-state index is 12.7. The quantitative estimate of drug-likeness (QED) is 0.872. The van der Waals surface area contributed by atoms with Gasteiger partial charge in [0.05, 0.1) is 5.56 Å². The number of halogens is 1. The predicted octanol–water partition coefficient (Wildman–Crippen LogP) is 4.15. The van der Waals surface area contributed by atoms with E-state index in [0.29, 0.717) is 29.1 Å². The first kappa shape index (κ1) is 17.7. The van der Waals surface area contributed by atoms with Gasteiger partial charge in [-0.05, 0) is 37.3 Å². The Morgan fingerprint density at radius 2 is 2.04 bits per heavy atom. The minimum atomic E-state index is 0.0317. The number of carbonyl (C=O) groups is 1. The van der Waals surface area contributed by atoms with Crippen LogP contribution in [0.2, 0.25) is 5.02 Å². The summed E-state index contributed by atoms with van der Waals surface area (Å²) < 4.78 is 0. The molecule has 132 valence electrons. The van der Waals surface area contributed by atoms with Crippen molar-refractivity contribution in [2.24, 2.45) is 0 Å². The summed E-state index contributed by atoms with van der Waals surface area (Å²) in [6, 6.07) is 7.97. The molecule has 1 aliphatic rings. The van der Waals surface area contributed by atoms with Gasteiger partial charge < -0.3 is 10.2 Å². The van der Waals surface area contributed by atoms with Crippen LogP contribution < -0.4 is 5.32 Å². The van der Waals surface area contributed by atoms with Crippen molar-refractivity contribution in [3.63, 3.8) is 0 Å². The van der Waals surface area contributed by atoms with E-state index in [4.69, 9.17) is 11.6 Å². The molecule has 0 radical (unpaired) electrons. The topological polar surface area (TPSA) is 58.1 Å². The van der Waals surface area contributed by atoms with Crippen molar-refractivity contribution >= 4 is 23.5 Å². The van der Waals surface area contributed by atoms with Gasteiger partial charge in [-0.2, -0.15) is 0 Å². The minimum Gasteiger partial charge on any atom is -0.350 e. The van der Waals surface area contributed by atoms with E-state index in [-0.39, 0.29) is 5.91 Å². The summed E-state index contributed by atoms with van der Waals surface area (Å²) in [7, 11) is 0. The third-order valence-corrected chi connectivity index (χ3v) is 5.02. The highest BCUT2D eigenvalue weighted by atomic mass is 35.5. The van der Waals surface area contributed by atoms with Crippen molar-refractivity contribution in [2.75, 3.05) is 11.9 Å². The molecule has 1 aromatic carbocycles. The summed E-state index contributed by atoms with van der Waals surface area (Å²) in [5.41, 5.74) is 1.52. The molecule has 5 nitrogen and oxygen atoms in total. The number of hydrogen-bond acceptors (Lipinski definition) is 4. The SMILES string of the molecule is CCC1CCCCN1C(=O)c1cnc(NCc2ccccc2Cl)nc1. The maximum Gasteiger partial charge on any atom is 0.257 e. The number of likely N-dealkylation sites (tertiary alicyclic amines) is 1. The van der Waals surface area contributed by atoms with Gasteiger partial charge in [0.25, 0.3) is 5.91 Å². The number of nitrogens with zero attached hydrogens (tertiary/aromatic N) is 3. The van der Waals surface area contributed by atoms with Crippen molar-refractivity contribution in [1.29, 1.82) is 0 Å². The molecule has 6 heteroatoms. The van der Waals surface area contributed by atoms with E-state index < -0.39 is 0 Å². The van der Waals surface area contributed by atoms with Gasteiger partial charge in [0, 0.05) is 36.5 Å². The van der Waals surface area contributed by atoms with E-state index in [1.54, 1.807) is 12.4 Å². The number of piperidine rings is 1. The maximum atomic E-state index is 12.7. The highest BCUT2D eigenvalue weighted by molar-refractivity contribution is 6.31. The summed E-state index contributed by atoms with van der Waals surface area (Å²) in [6.07, 6.45) is 7.55. The number of anilines is 1. The van der Waals surface area contributed by atoms with Crippen LogP contribution in [0.4, 0.5) is 5.95 Å². The van der Waals surface area contributed by atoms with Crippen LogP contribution in [0.15, 0.2) is 36.7 Å². The first-order valence-corrected chi connectivity index (χ1v) is 9.17. The number of aromatic nitrogens is 2. The lowest BCUT2D eigenvalue weighted by molar-refractivity contribution is 0.0607. The second kappa shape index (κ2) is 8.30. The van der Waals surface area contributed by atoms with Crippen LogP contribution in [0.5, 0.6) is 0 Å².